The van der Waals surface area contributed by atoms with Gasteiger partial charge in [0.2, 0.25) is 0 Å². The van der Waals surface area contributed by atoms with E-state index in [9.17, 15) is 14.4 Å². The monoisotopic (exact) mass is 531 g/mol. The number of aromatic nitrogens is 1. The Balaban J connectivity index is 1.28. The molecule has 39 heavy (non-hydrogen) atoms. The molecule has 3 aliphatic rings. The summed E-state index contributed by atoms with van der Waals surface area (Å²) in [5.41, 5.74) is 8.59. The molecule has 1 saturated carbocycles. The van der Waals surface area contributed by atoms with Crippen LogP contribution in [0.1, 0.15) is 103 Å². The Hall–Kier alpha value is -3.42. The van der Waals surface area contributed by atoms with E-state index < -0.39 is 5.91 Å². The molecule has 2 amide bonds. The summed E-state index contributed by atoms with van der Waals surface area (Å²) in [7, 11) is 0. The van der Waals surface area contributed by atoms with E-state index in [4.69, 9.17) is 5.73 Å². The zero-order valence-electron chi connectivity index (χ0n) is 23.7. The van der Waals surface area contributed by atoms with Crippen LogP contribution in [0.15, 0.2) is 30.5 Å². The van der Waals surface area contributed by atoms with Crippen molar-refractivity contribution in [3.05, 3.63) is 52.7 Å². The fourth-order valence-corrected chi connectivity index (χ4v) is 5.92. The van der Waals surface area contributed by atoms with Crippen LogP contribution < -0.4 is 21.3 Å². The molecule has 1 aliphatic carbocycles. The first-order valence-corrected chi connectivity index (χ1v) is 14.2. The number of carbonyl (C=O) groups is 3. The van der Waals surface area contributed by atoms with Gasteiger partial charge in [-0.05, 0) is 87.6 Å². The summed E-state index contributed by atoms with van der Waals surface area (Å²) in [5.74, 6) is 0.674. The van der Waals surface area contributed by atoms with Crippen molar-refractivity contribution >= 4 is 29.1 Å². The first-order valence-electron chi connectivity index (χ1n) is 14.2. The fourth-order valence-electron chi connectivity index (χ4n) is 5.92. The van der Waals surface area contributed by atoms with Crippen LogP contribution >= 0.6 is 0 Å². The standard InChI is InChI=1S/C31H41N5O3/c1-17-12-25(29(32)38)26(34-18(2)31(3,4)5)15-24(17)30(39)35-21-13-22-9-10-23(14-21)36(22)27-11-8-20(16-33-27)28(37)19-6-7-19/h8,11-12,15-16,18-19,21-23,34H,6-7,9-10,13-14H2,1-5H3,(H2,32,38)(H,35,39)/t18-,21-,22+,23-/m1/s1. The van der Waals surface area contributed by atoms with Crippen LogP contribution in [0.3, 0.4) is 0 Å². The molecule has 3 fully saturated rings. The van der Waals surface area contributed by atoms with E-state index in [-0.39, 0.29) is 35.1 Å². The Labute approximate surface area is 231 Å². The maximum absolute atomic E-state index is 13.5. The molecule has 4 atom stereocenters. The number of rotatable bonds is 8. The van der Waals surface area contributed by atoms with Crippen molar-refractivity contribution in [1.29, 1.82) is 0 Å². The lowest BCUT2D eigenvalue weighted by atomic mass is 9.87. The van der Waals surface area contributed by atoms with Gasteiger partial charge in [0.1, 0.15) is 5.82 Å². The van der Waals surface area contributed by atoms with Crippen molar-refractivity contribution in [1.82, 2.24) is 10.3 Å². The Morgan fingerprint density at radius 2 is 1.69 bits per heavy atom. The Bertz CT molecular complexity index is 1260. The van der Waals surface area contributed by atoms with Crippen molar-refractivity contribution in [3.8, 4) is 0 Å². The van der Waals surface area contributed by atoms with Gasteiger partial charge in [-0.25, -0.2) is 4.98 Å². The molecule has 5 rings (SSSR count). The summed E-state index contributed by atoms with van der Waals surface area (Å²) in [4.78, 5) is 45.1. The van der Waals surface area contributed by atoms with Gasteiger partial charge in [0, 0.05) is 53.1 Å². The van der Waals surface area contributed by atoms with Crippen molar-refractivity contribution < 1.29 is 14.4 Å². The average Bonchev–Trinajstić information content (AvgIpc) is 3.68. The SMILES string of the molecule is Cc1cc(C(N)=O)c(N[C@H](C)C(C)(C)C)cc1C(=O)N[C@H]1C[C@H]2CC[C@@H](C1)N2c1ccc(C(=O)C2CC2)cn1. The molecule has 8 heteroatoms. The molecular weight excluding hydrogens is 490 g/mol. The summed E-state index contributed by atoms with van der Waals surface area (Å²) in [6, 6.07) is 8.10. The summed E-state index contributed by atoms with van der Waals surface area (Å²) in [6.45, 7) is 10.3. The van der Waals surface area contributed by atoms with Gasteiger partial charge < -0.3 is 21.3 Å². The van der Waals surface area contributed by atoms with Gasteiger partial charge in [-0.2, -0.15) is 0 Å². The topological polar surface area (TPSA) is 117 Å². The number of ketones is 1. The van der Waals surface area contributed by atoms with Crippen molar-refractivity contribution in [2.24, 2.45) is 17.1 Å². The smallest absolute Gasteiger partial charge is 0.251 e. The third-order valence-corrected chi connectivity index (χ3v) is 8.86. The van der Waals surface area contributed by atoms with Gasteiger partial charge in [0.15, 0.2) is 5.78 Å². The largest absolute Gasteiger partial charge is 0.381 e. The normalized spacial score (nSPS) is 23.3. The molecule has 2 aromatic rings. The van der Waals surface area contributed by atoms with E-state index >= 15 is 0 Å². The van der Waals surface area contributed by atoms with E-state index in [0.29, 0.717) is 34.5 Å². The highest BCUT2D eigenvalue weighted by Crippen LogP contribution is 2.39. The number of hydrogen-bond donors (Lipinski definition) is 3. The molecule has 2 aliphatic heterocycles. The number of carbonyl (C=O) groups excluding carboxylic acids is 3. The lowest BCUT2D eigenvalue weighted by molar-refractivity contribution is 0.0923. The van der Waals surface area contributed by atoms with Gasteiger partial charge in [0.25, 0.3) is 11.8 Å². The molecule has 0 spiro atoms. The second-order valence-electron chi connectivity index (χ2n) is 12.8. The molecule has 208 valence electrons. The predicted octanol–water partition coefficient (Wildman–Crippen LogP) is 4.86. The number of piperidine rings is 1. The Morgan fingerprint density at radius 3 is 2.23 bits per heavy atom. The minimum atomic E-state index is -0.517. The Kier molecular flexibility index (Phi) is 7.16. The second-order valence-corrected chi connectivity index (χ2v) is 12.8. The zero-order valence-corrected chi connectivity index (χ0v) is 23.7. The van der Waals surface area contributed by atoms with Crippen molar-refractivity contribution in [2.75, 3.05) is 10.2 Å². The highest BCUT2D eigenvalue weighted by Gasteiger charge is 2.42. The molecule has 2 saturated heterocycles. The summed E-state index contributed by atoms with van der Waals surface area (Å²) in [5, 5.41) is 6.69. The first kappa shape index (κ1) is 27.2. The van der Waals surface area contributed by atoms with Gasteiger partial charge in [-0.15, -0.1) is 0 Å². The lowest BCUT2D eigenvalue weighted by Crippen LogP contribution is -2.50. The van der Waals surface area contributed by atoms with Crippen LogP contribution in [-0.2, 0) is 0 Å². The maximum Gasteiger partial charge on any atom is 0.251 e. The molecule has 4 N–H and O–H groups in total. The Morgan fingerprint density at radius 1 is 1.03 bits per heavy atom. The molecule has 8 nitrogen and oxygen atoms in total. The molecular formula is C31H41N5O3. The van der Waals surface area contributed by atoms with Crippen LogP contribution in [0.5, 0.6) is 0 Å². The van der Waals surface area contributed by atoms with Gasteiger partial charge >= 0.3 is 0 Å². The third kappa shape index (κ3) is 5.65. The number of fused-ring (bicyclic) bond motifs is 2. The molecule has 0 unspecified atom stereocenters. The number of anilines is 2. The van der Waals surface area contributed by atoms with Crippen molar-refractivity contribution in [2.45, 2.75) is 97.3 Å². The number of nitrogens with one attached hydrogen (secondary N) is 2. The quantitative estimate of drug-likeness (QED) is 0.419. The van der Waals surface area contributed by atoms with E-state index in [1.54, 1.807) is 18.3 Å². The maximum atomic E-state index is 13.5. The fraction of sp³-hybridized carbons (Fsp3) is 0.548. The second kappa shape index (κ2) is 10.3. The number of nitrogens with two attached hydrogens (primary N) is 1. The van der Waals surface area contributed by atoms with Gasteiger partial charge in [-0.1, -0.05) is 20.8 Å². The highest BCUT2D eigenvalue weighted by molar-refractivity contribution is 6.03. The van der Waals surface area contributed by atoms with Crippen LogP contribution in [-0.4, -0.2) is 46.7 Å². The van der Waals surface area contributed by atoms with Crippen LogP contribution in [0.2, 0.25) is 0 Å². The minimum Gasteiger partial charge on any atom is -0.381 e. The summed E-state index contributed by atoms with van der Waals surface area (Å²) >= 11 is 0. The average molecular weight is 532 g/mol. The highest BCUT2D eigenvalue weighted by atomic mass is 16.2. The van der Waals surface area contributed by atoms with E-state index in [1.165, 1.54) is 0 Å². The number of nitrogens with zero attached hydrogens (tertiary/aromatic N) is 2. The third-order valence-electron chi connectivity index (χ3n) is 8.86. The number of benzene rings is 1. The first-order chi connectivity index (χ1) is 18.4. The number of amides is 2. The van der Waals surface area contributed by atoms with Crippen LogP contribution in [0, 0.1) is 18.3 Å². The lowest BCUT2D eigenvalue weighted by Gasteiger charge is -2.40. The number of aryl methyl sites for hydroxylation is 1. The zero-order chi connectivity index (χ0) is 28.1. The number of Topliss-reactive ketones (excluding diaryl/α,β-unsaturated/α-hetero) is 1. The molecule has 0 radical (unpaired) electrons. The van der Waals surface area contributed by atoms with Crippen LogP contribution in [0.25, 0.3) is 0 Å². The molecule has 1 aromatic heterocycles. The van der Waals surface area contributed by atoms with Crippen LogP contribution in [0.4, 0.5) is 11.5 Å². The summed E-state index contributed by atoms with van der Waals surface area (Å²) in [6.07, 6.45) is 7.53. The minimum absolute atomic E-state index is 0.0442. The number of hydrogen-bond acceptors (Lipinski definition) is 6. The van der Waals surface area contributed by atoms with Crippen molar-refractivity contribution in [3.63, 3.8) is 0 Å². The van der Waals surface area contributed by atoms with Gasteiger partial charge in [0.05, 0.1) is 5.56 Å². The van der Waals surface area contributed by atoms with E-state index in [1.807, 2.05) is 19.1 Å². The predicted molar refractivity (Wildman–Crippen MR) is 153 cm³/mol. The number of pyridine rings is 1. The van der Waals surface area contributed by atoms with Gasteiger partial charge in [-0.3, -0.25) is 14.4 Å². The molecule has 1 aromatic carbocycles. The number of primary amides is 1. The molecule has 2 bridgehead atoms. The van der Waals surface area contributed by atoms with E-state index in [2.05, 4.69) is 48.2 Å². The summed E-state index contributed by atoms with van der Waals surface area (Å²) < 4.78 is 0. The van der Waals surface area contributed by atoms with E-state index in [0.717, 1.165) is 49.9 Å². The molecule has 3 heterocycles.